The summed E-state index contributed by atoms with van der Waals surface area (Å²) in [7, 11) is 1.86. The fraction of sp³-hybridized carbons (Fsp3) is 0.667. The molecule has 1 aliphatic rings. The van der Waals surface area contributed by atoms with E-state index in [1.807, 2.05) is 18.6 Å². The van der Waals surface area contributed by atoms with E-state index in [-0.39, 0.29) is 11.4 Å². The molecule has 0 saturated heterocycles. The zero-order valence-electron chi connectivity index (χ0n) is 10.2. The van der Waals surface area contributed by atoms with Crippen LogP contribution in [0.5, 0.6) is 0 Å². The molecule has 1 fully saturated rings. The van der Waals surface area contributed by atoms with Gasteiger partial charge in [0.15, 0.2) is 0 Å². The van der Waals surface area contributed by atoms with Crippen LogP contribution in [0, 0.1) is 0 Å². The largest absolute Gasteiger partial charge is 0.344 e. The van der Waals surface area contributed by atoms with E-state index < -0.39 is 0 Å². The van der Waals surface area contributed by atoms with E-state index in [9.17, 15) is 4.79 Å². The van der Waals surface area contributed by atoms with Crippen LogP contribution >= 0.6 is 11.3 Å². The Labute approximate surface area is 106 Å². The molecule has 0 unspecified atom stereocenters. The first kappa shape index (κ1) is 12.5. The quantitative estimate of drug-likeness (QED) is 0.838. The number of carbonyl (C=O) groups is 1. The molecule has 94 valence electrons. The summed E-state index contributed by atoms with van der Waals surface area (Å²) in [5.41, 5.74) is -0.182. The number of aromatic nitrogens is 1. The summed E-state index contributed by atoms with van der Waals surface area (Å²) in [6.07, 6.45) is 6.73. The third-order valence-corrected chi connectivity index (χ3v) is 4.26. The number of hydrogen-bond donors (Lipinski definition) is 2. The smallest absolute Gasteiger partial charge is 0.222 e. The summed E-state index contributed by atoms with van der Waals surface area (Å²) < 4.78 is 0. The van der Waals surface area contributed by atoms with Crippen LogP contribution in [0.15, 0.2) is 11.6 Å². The molecule has 17 heavy (non-hydrogen) atoms. The van der Waals surface area contributed by atoms with Crippen LogP contribution in [0.2, 0.25) is 0 Å². The normalized spacial score (nSPS) is 18.2. The van der Waals surface area contributed by atoms with Gasteiger partial charge in [0.25, 0.3) is 0 Å². The van der Waals surface area contributed by atoms with Crippen LogP contribution in [0.4, 0.5) is 0 Å². The van der Waals surface area contributed by atoms with Crippen molar-refractivity contribution in [1.29, 1.82) is 0 Å². The molecule has 2 rings (SSSR count). The highest BCUT2D eigenvalue weighted by molar-refractivity contribution is 7.09. The Morgan fingerprint density at radius 1 is 1.53 bits per heavy atom. The molecule has 4 nitrogen and oxygen atoms in total. The fourth-order valence-electron chi connectivity index (χ4n) is 2.40. The molecule has 0 aromatic carbocycles. The Bertz CT molecular complexity index is 358. The maximum absolute atomic E-state index is 11.9. The maximum Gasteiger partial charge on any atom is 0.222 e. The van der Waals surface area contributed by atoms with Gasteiger partial charge in [-0.15, -0.1) is 11.3 Å². The van der Waals surface area contributed by atoms with Gasteiger partial charge >= 0.3 is 0 Å². The molecule has 0 bridgehead atoms. The van der Waals surface area contributed by atoms with Crippen molar-refractivity contribution in [3.05, 3.63) is 16.6 Å². The minimum absolute atomic E-state index is 0.122. The van der Waals surface area contributed by atoms with Crippen LogP contribution in [0.25, 0.3) is 0 Å². The van der Waals surface area contributed by atoms with Crippen molar-refractivity contribution in [2.45, 2.75) is 37.6 Å². The third kappa shape index (κ3) is 2.84. The molecular weight excluding hydrogens is 234 g/mol. The average Bonchev–Trinajstić information content (AvgIpc) is 2.96. The Hall–Kier alpha value is -0.940. The SMILES string of the molecule is CNCCC(=O)NC1(c2nccs2)CCCC1. The van der Waals surface area contributed by atoms with Crippen LogP contribution in [-0.2, 0) is 10.3 Å². The van der Waals surface area contributed by atoms with E-state index in [1.54, 1.807) is 11.3 Å². The summed E-state index contributed by atoms with van der Waals surface area (Å²) in [5, 5.41) is 9.24. The number of hydrogen-bond acceptors (Lipinski definition) is 4. The first-order valence-corrected chi connectivity index (χ1v) is 7.00. The molecule has 1 heterocycles. The maximum atomic E-state index is 11.9. The molecule has 1 saturated carbocycles. The van der Waals surface area contributed by atoms with Crippen LogP contribution in [-0.4, -0.2) is 24.5 Å². The van der Waals surface area contributed by atoms with Crippen LogP contribution in [0.3, 0.4) is 0 Å². The van der Waals surface area contributed by atoms with Crippen molar-refractivity contribution in [2.75, 3.05) is 13.6 Å². The molecular formula is C12H19N3OS. The van der Waals surface area contributed by atoms with Crippen molar-refractivity contribution >= 4 is 17.2 Å². The van der Waals surface area contributed by atoms with Gasteiger partial charge in [0.05, 0.1) is 5.54 Å². The minimum atomic E-state index is -0.182. The summed E-state index contributed by atoms with van der Waals surface area (Å²) in [5.74, 6) is 0.122. The second kappa shape index (κ2) is 5.60. The monoisotopic (exact) mass is 253 g/mol. The second-order valence-corrected chi connectivity index (χ2v) is 5.42. The Morgan fingerprint density at radius 3 is 2.88 bits per heavy atom. The Balaban J connectivity index is 2.05. The first-order valence-electron chi connectivity index (χ1n) is 6.12. The zero-order chi connectivity index (χ0) is 12.1. The molecule has 1 aromatic heterocycles. The lowest BCUT2D eigenvalue weighted by Gasteiger charge is -2.28. The minimum Gasteiger partial charge on any atom is -0.344 e. The van der Waals surface area contributed by atoms with Gasteiger partial charge in [-0.3, -0.25) is 4.79 Å². The van der Waals surface area contributed by atoms with E-state index in [2.05, 4.69) is 15.6 Å². The molecule has 0 spiro atoms. The van der Waals surface area contributed by atoms with Gasteiger partial charge in [-0.05, 0) is 19.9 Å². The van der Waals surface area contributed by atoms with E-state index in [0.29, 0.717) is 6.42 Å². The first-order chi connectivity index (χ1) is 8.27. The highest BCUT2D eigenvalue weighted by Gasteiger charge is 2.38. The highest BCUT2D eigenvalue weighted by Crippen LogP contribution is 2.39. The summed E-state index contributed by atoms with van der Waals surface area (Å²) in [6, 6.07) is 0. The number of rotatable bonds is 5. The summed E-state index contributed by atoms with van der Waals surface area (Å²) in [6.45, 7) is 0.722. The van der Waals surface area contributed by atoms with E-state index >= 15 is 0 Å². The standard InChI is InChI=1S/C12H19N3OS/c1-13-7-4-10(16)15-12(5-2-3-6-12)11-14-8-9-17-11/h8-9,13H,2-7H2,1H3,(H,15,16). The Morgan fingerprint density at radius 2 is 2.29 bits per heavy atom. The second-order valence-electron chi connectivity index (χ2n) is 4.53. The third-order valence-electron chi connectivity index (χ3n) is 3.28. The van der Waals surface area contributed by atoms with Crippen molar-refractivity contribution in [2.24, 2.45) is 0 Å². The van der Waals surface area contributed by atoms with Crippen LogP contribution in [0.1, 0.15) is 37.1 Å². The number of nitrogens with one attached hydrogen (secondary N) is 2. The lowest BCUT2D eigenvalue weighted by Crippen LogP contribution is -2.44. The topological polar surface area (TPSA) is 54.0 Å². The van der Waals surface area contributed by atoms with Gasteiger partial charge in [-0.25, -0.2) is 4.98 Å². The van der Waals surface area contributed by atoms with Crippen molar-refractivity contribution in [3.8, 4) is 0 Å². The van der Waals surface area contributed by atoms with Gasteiger partial charge in [0, 0.05) is 24.5 Å². The van der Waals surface area contributed by atoms with E-state index in [1.165, 1.54) is 12.8 Å². The molecule has 0 radical (unpaired) electrons. The van der Waals surface area contributed by atoms with Gasteiger partial charge in [0.1, 0.15) is 5.01 Å². The van der Waals surface area contributed by atoms with Crippen molar-refractivity contribution in [3.63, 3.8) is 0 Å². The predicted molar refractivity (Wildman–Crippen MR) is 68.9 cm³/mol. The molecule has 0 atom stereocenters. The van der Waals surface area contributed by atoms with Gasteiger partial charge in [-0.2, -0.15) is 0 Å². The van der Waals surface area contributed by atoms with E-state index in [0.717, 1.165) is 24.4 Å². The predicted octanol–water partition coefficient (Wildman–Crippen LogP) is 1.64. The fourth-order valence-corrected chi connectivity index (χ4v) is 3.25. The Kier molecular flexibility index (Phi) is 4.12. The summed E-state index contributed by atoms with van der Waals surface area (Å²) in [4.78, 5) is 16.3. The number of nitrogens with zero attached hydrogens (tertiary/aromatic N) is 1. The zero-order valence-corrected chi connectivity index (χ0v) is 11.0. The van der Waals surface area contributed by atoms with Crippen molar-refractivity contribution < 1.29 is 4.79 Å². The molecule has 0 aliphatic heterocycles. The lowest BCUT2D eigenvalue weighted by molar-refractivity contribution is -0.123. The van der Waals surface area contributed by atoms with Crippen LogP contribution < -0.4 is 10.6 Å². The molecule has 2 N–H and O–H groups in total. The average molecular weight is 253 g/mol. The number of thiazole rings is 1. The molecule has 5 heteroatoms. The molecule has 1 aliphatic carbocycles. The lowest BCUT2D eigenvalue weighted by atomic mass is 9.98. The molecule has 1 amide bonds. The number of carbonyl (C=O) groups excluding carboxylic acids is 1. The van der Waals surface area contributed by atoms with Gasteiger partial charge < -0.3 is 10.6 Å². The summed E-state index contributed by atoms with van der Waals surface area (Å²) >= 11 is 1.64. The van der Waals surface area contributed by atoms with E-state index in [4.69, 9.17) is 0 Å². The molecule has 1 aromatic rings. The highest BCUT2D eigenvalue weighted by atomic mass is 32.1. The van der Waals surface area contributed by atoms with Crippen molar-refractivity contribution in [1.82, 2.24) is 15.6 Å². The van der Waals surface area contributed by atoms with Gasteiger partial charge in [0.2, 0.25) is 5.91 Å². The van der Waals surface area contributed by atoms with Gasteiger partial charge in [-0.1, -0.05) is 12.8 Å². The number of amides is 1.